The summed E-state index contributed by atoms with van der Waals surface area (Å²) in [6.45, 7) is 8.18. The number of hydrogen-bond acceptors (Lipinski definition) is 3. The summed E-state index contributed by atoms with van der Waals surface area (Å²) in [7, 11) is 0. The number of ether oxygens (including phenoxy) is 1. The highest BCUT2D eigenvalue weighted by Crippen LogP contribution is 2.62. The lowest BCUT2D eigenvalue weighted by Gasteiger charge is -2.29. The van der Waals surface area contributed by atoms with Gasteiger partial charge >= 0.3 is 5.97 Å². The molecule has 1 aliphatic carbocycles. The highest BCUT2D eigenvalue weighted by Gasteiger charge is 2.66. The van der Waals surface area contributed by atoms with Gasteiger partial charge in [-0.3, -0.25) is 9.59 Å². The minimum absolute atomic E-state index is 0.114. The third kappa shape index (κ3) is 2.05. The molecule has 2 rings (SSSR count). The van der Waals surface area contributed by atoms with Gasteiger partial charge in [-0.2, -0.15) is 0 Å². The summed E-state index contributed by atoms with van der Waals surface area (Å²) in [6.07, 6.45) is 2.12. The SMILES string of the molecule is CC(C)(C)OC(=O)CC1(C)CNC(=O)C12CC2. The molecule has 1 unspecified atom stereocenters. The van der Waals surface area contributed by atoms with Crippen LogP contribution in [0.5, 0.6) is 0 Å². The average Bonchev–Trinajstić information content (AvgIpc) is 2.87. The van der Waals surface area contributed by atoms with E-state index in [1.807, 2.05) is 27.7 Å². The van der Waals surface area contributed by atoms with Crippen molar-refractivity contribution in [3.8, 4) is 0 Å². The smallest absolute Gasteiger partial charge is 0.306 e. The van der Waals surface area contributed by atoms with Gasteiger partial charge in [0, 0.05) is 12.0 Å². The Balaban J connectivity index is 2.04. The van der Waals surface area contributed by atoms with E-state index >= 15 is 0 Å². The maximum absolute atomic E-state index is 11.9. The van der Waals surface area contributed by atoms with E-state index in [-0.39, 0.29) is 22.7 Å². The maximum atomic E-state index is 11.9. The first kappa shape index (κ1) is 12.4. The number of carbonyl (C=O) groups is 2. The summed E-state index contributed by atoms with van der Waals surface area (Å²) in [5.41, 5.74) is -1.02. The molecule has 1 spiro atoms. The summed E-state index contributed by atoms with van der Waals surface area (Å²) >= 11 is 0. The predicted molar refractivity (Wildman–Crippen MR) is 63.2 cm³/mol. The van der Waals surface area contributed by atoms with Crippen LogP contribution in [0, 0.1) is 10.8 Å². The Morgan fingerprint density at radius 1 is 1.41 bits per heavy atom. The van der Waals surface area contributed by atoms with Gasteiger partial charge in [0.15, 0.2) is 0 Å². The van der Waals surface area contributed by atoms with Crippen LogP contribution in [0.1, 0.15) is 47.0 Å². The van der Waals surface area contributed by atoms with Crippen LogP contribution in [-0.2, 0) is 14.3 Å². The molecule has 0 radical (unpaired) electrons. The van der Waals surface area contributed by atoms with Crippen LogP contribution in [-0.4, -0.2) is 24.0 Å². The van der Waals surface area contributed by atoms with Crippen molar-refractivity contribution in [2.75, 3.05) is 6.54 Å². The maximum Gasteiger partial charge on any atom is 0.306 e. The zero-order valence-electron chi connectivity index (χ0n) is 11.1. The molecular weight excluding hydrogens is 218 g/mol. The molecule has 2 aliphatic rings. The van der Waals surface area contributed by atoms with Crippen molar-refractivity contribution in [2.24, 2.45) is 10.8 Å². The predicted octanol–water partition coefficient (Wildman–Crippen LogP) is 1.63. The van der Waals surface area contributed by atoms with Crippen molar-refractivity contribution >= 4 is 11.9 Å². The molecule has 17 heavy (non-hydrogen) atoms. The first-order valence-corrected chi connectivity index (χ1v) is 6.19. The van der Waals surface area contributed by atoms with E-state index in [9.17, 15) is 9.59 Å². The Kier molecular flexibility index (Phi) is 2.53. The first-order valence-electron chi connectivity index (χ1n) is 6.19. The second-order valence-electron chi connectivity index (χ2n) is 6.59. The molecule has 2 fully saturated rings. The second kappa shape index (κ2) is 3.47. The highest BCUT2D eigenvalue weighted by atomic mass is 16.6. The van der Waals surface area contributed by atoms with E-state index in [1.165, 1.54) is 0 Å². The Labute approximate surface area is 102 Å². The van der Waals surface area contributed by atoms with E-state index in [4.69, 9.17) is 4.74 Å². The number of rotatable bonds is 2. The summed E-state index contributed by atoms with van der Waals surface area (Å²) < 4.78 is 5.34. The first-order chi connectivity index (χ1) is 7.69. The van der Waals surface area contributed by atoms with Gasteiger partial charge in [0.1, 0.15) is 5.60 Å². The van der Waals surface area contributed by atoms with Crippen molar-refractivity contribution < 1.29 is 14.3 Å². The average molecular weight is 239 g/mol. The molecule has 0 aromatic heterocycles. The number of esters is 1. The van der Waals surface area contributed by atoms with E-state index in [0.717, 1.165) is 12.8 Å². The number of amides is 1. The van der Waals surface area contributed by atoms with Crippen LogP contribution in [0.3, 0.4) is 0 Å². The van der Waals surface area contributed by atoms with Gasteiger partial charge in [-0.25, -0.2) is 0 Å². The lowest BCUT2D eigenvalue weighted by Crippen LogP contribution is -2.35. The topological polar surface area (TPSA) is 55.4 Å². The van der Waals surface area contributed by atoms with Crippen LogP contribution >= 0.6 is 0 Å². The summed E-state index contributed by atoms with van der Waals surface area (Å²) in [5, 5.41) is 2.88. The van der Waals surface area contributed by atoms with E-state index in [2.05, 4.69) is 5.32 Å². The van der Waals surface area contributed by atoms with Crippen molar-refractivity contribution in [2.45, 2.75) is 52.6 Å². The summed E-state index contributed by atoms with van der Waals surface area (Å²) in [5.74, 6) is -0.0914. The highest BCUT2D eigenvalue weighted by molar-refractivity contribution is 5.90. The van der Waals surface area contributed by atoms with Gasteiger partial charge in [-0.05, 0) is 33.6 Å². The van der Waals surface area contributed by atoms with Gasteiger partial charge in [-0.1, -0.05) is 6.92 Å². The minimum atomic E-state index is -0.458. The zero-order valence-corrected chi connectivity index (χ0v) is 11.1. The molecule has 4 heteroatoms. The van der Waals surface area contributed by atoms with Gasteiger partial charge in [0.25, 0.3) is 0 Å². The van der Waals surface area contributed by atoms with E-state index < -0.39 is 5.60 Å². The Bertz CT molecular complexity index is 365. The van der Waals surface area contributed by atoms with Crippen LogP contribution in [0.2, 0.25) is 0 Å². The molecule has 1 saturated heterocycles. The fourth-order valence-corrected chi connectivity index (χ4v) is 2.77. The lowest BCUT2D eigenvalue weighted by molar-refractivity contribution is -0.158. The Hall–Kier alpha value is -1.06. The van der Waals surface area contributed by atoms with Crippen molar-refractivity contribution in [1.82, 2.24) is 5.32 Å². The third-order valence-corrected chi connectivity index (χ3v) is 3.93. The third-order valence-electron chi connectivity index (χ3n) is 3.93. The molecule has 4 nitrogen and oxygen atoms in total. The van der Waals surface area contributed by atoms with E-state index in [0.29, 0.717) is 13.0 Å². The fraction of sp³-hybridized carbons (Fsp3) is 0.846. The molecule has 1 atom stereocenters. The normalized spacial score (nSPS) is 30.2. The standard InChI is InChI=1S/C13H21NO3/c1-11(2,3)17-9(15)7-12(4)8-14-10(16)13(12)5-6-13/h5-8H2,1-4H3,(H,14,16). The largest absolute Gasteiger partial charge is 0.460 e. The van der Waals surface area contributed by atoms with E-state index in [1.54, 1.807) is 0 Å². The summed E-state index contributed by atoms with van der Waals surface area (Å²) in [4.78, 5) is 23.7. The van der Waals surface area contributed by atoms with Crippen LogP contribution in [0.4, 0.5) is 0 Å². The molecule has 1 aliphatic heterocycles. The van der Waals surface area contributed by atoms with Gasteiger partial charge < -0.3 is 10.1 Å². The van der Waals surface area contributed by atoms with Gasteiger partial charge in [-0.15, -0.1) is 0 Å². The Morgan fingerprint density at radius 3 is 2.47 bits per heavy atom. The van der Waals surface area contributed by atoms with Gasteiger partial charge in [0.2, 0.25) is 5.91 Å². The van der Waals surface area contributed by atoms with Crippen LogP contribution in [0.15, 0.2) is 0 Å². The minimum Gasteiger partial charge on any atom is -0.460 e. The molecule has 0 aromatic carbocycles. The zero-order chi connectivity index (χ0) is 12.9. The Morgan fingerprint density at radius 2 is 2.00 bits per heavy atom. The molecule has 0 bridgehead atoms. The quantitative estimate of drug-likeness (QED) is 0.745. The van der Waals surface area contributed by atoms with Crippen molar-refractivity contribution in [1.29, 1.82) is 0 Å². The fourth-order valence-electron chi connectivity index (χ4n) is 2.77. The van der Waals surface area contributed by atoms with Crippen molar-refractivity contribution in [3.05, 3.63) is 0 Å². The number of nitrogens with one attached hydrogen (secondary N) is 1. The summed E-state index contributed by atoms with van der Waals surface area (Å²) in [6, 6.07) is 0. The lowest BCUT2D eigenvalue weighted by atomic mass is 9.74. The van der Waals surface area contributed by atoms with Gasteiger partial charge in [0.05, 0.1) is 11.8 Å². The molecule has 1 N–H and O–H groups in total. The molecule has 0 aromatic rings. The molecule has 1 saturated carbocycles. The molecule has 96 valence electrons. The van der Waals surface area contributed by atoms with Crippen LogP contribution < -0.4 is 5.32 Å². The second-order valence-corrected chi connectivity index (χ2v) is 6.59. The number of carbonyl (C=O) groups excluding carboxylic acids is 2. The molecule has 1 amide bonds. The molecular formula is C13H21NO3. The monoisotopic (exact) mass is 239 g/mol. The van der Waals surface area contributed by atoms with Crippen LogP contribution in [0.25, 0.3) is 0 Å². The molecule has 1 heterocycles. The van der Waals surface area contributed by atoms with Crippen molar-refractivity contribution in [3.63, 3.8) is 0 Å². The number of hydrogen-bond donors (Lipinski definition) is 1.